The number of benzene rings is 1. The molecule has 1 aliphatic rings. The summed E-state index contributed by atoms with van der Waals surface area (Å²) in [4.78, 5) is 11.6. The lowest BCUT2D eigenvalue weighted by Crippen LogP contribution is -2.29. The monoisotopic (exact) mass is 209 g/mol. The number of nitrogens with one attached hydrogen (secondary N) is 1. The summed E-state index contributed by atoms with van der Waals surface area (Å²) in [6.45, 7) is 2.03. The number of halogens is 1. The molecule has 0 saturated heterocycles. The van der Waals surface area contributed by atoms with Gasteiger partial charge in [-0.2, -0.15) is 0 Å². The van der Waals surface area contributed by atoms with Crippen LogP contribution in [0, 0.1) is 5.92 Å². The van der Waals surface area contributed by atoms with Gasteiger partial charge >= 0.3 is 0 Å². The SMILES string of the molecule is CCC1Cc2cccc(Cl)c2NC1=O. The average Bonchev–Trinajstić information content (AvgIpc) is 2.19. The Bertz CT molecular complexity index is 376. The second-order valence-electron chi connectivity index (χ2n) is 3.57. The highest BCUT2D eigenvalue weighted by molar-refractivity contribution is 6.34. The van der Waals surface area contributed by atoms with Gasteiger partial charge in [-0.1, -0.05) is 30.7 Å². The number of hydrogen-bond acceptors (Lipinski definition) is 1. The van der Waals surface area contributed by atoms with Gasteiger partial charge in [0.05, 0.1) is 10.7 Å². The lowest BCUT2D eigenvalue weighted by atomic mass is 9.91. The number of carbonyl (C=O) groups is 1. The van der Waals surface area contributed by atoms with Crippen molar-refractivity contribution in [1.82, 2.24) is 0 Å². The van der Waals surface area contributed by atoms with Gasteiger partial charge in [0.1, 0.15) is 0 Å². The van der Waals surface area contributed by atoms with Crippen LogP contribution in [0.1, 0.15) is 18.9 Å². The minimum absolute atomic E-state index is 0.0908. The molecule has 2 nitrogen and oxygen atoms in total. The van der Waals surface area contributed by atoms with Crippen molar-refractivity contribution >= 4 is 23.2 Å². The summed E-state index contributed by atoms with van der Waals surface area (Å²) in [7, 11) is 0. The lowest BCUT2D eigenvalue weighted by Gasteiger charge is -2.24. The Balaban J connectivity index is 2.40. The molecule has 0 aromatic heterocycles. The zero-order valence-corrected chi connectivity index (χ0v) is 8.77. The quantitative estimate of drug-likeness (QED) is 0.757. The summed E-state index contributed by atoms with van der Waals surface area (Å²) in [5.41, 5.74) is 1.94. The maximum atomic E-state index is 11.6. The highest BCUT2D eigenvalue weighted by atomic mass is 35.5. The molecule has 1 aromatic rings. The van der Waals surface area contributed by atoms with Gasteiger partial charge in [0.2, 0.25) is 5.91 Å². The normalized spacial score (nSPS) is 20.1. The molecule has 0 fully saturated rings. The molecular weight excluding hydrogens is 198 g/mol. The molecule has 0 radical (unpaired) electrons. The molecule has 3 heteroatoms. The van der Waals surface area contributed by atoms with E-state index in [4.69, 9.17) is 11.6 Å². The summed E-state index contributed by atoms with van der Waals surface area (Å²) >= 11 is 5.98. The van der Waals surface area contributed by atoms with Crippen molar-refractivity contribution in [2.45, 2.75) is 19.8 Å². The molecule has 1 aromatic carbocycles. The van der Waals surface area contributed by atoms with Crippen molar-refractivity contribution in [2.75, 3.05) is 5.32 Å². The highest BCUT2D eigenvalue weighted by Gasteiger charge is 2.25. The number of anilines is 1. The van der Waals surface area contributed by atoms with E-state index in [2.05, 4.69) is 5.32 Å². The van der Waals surface area contributed by atoms with Gasteiger partial charge in [0, 0.05) is 5.92 Å². The number of carbonyl (C=O) groups excluding carboxylic acids is 1. The molecule has 74 valence electrons. The molecule has 2 rings (SSSR count). The number of para-hydroxylation sites is 1. The zero-order chi connectivity index (χ0) is 10.1. The van der Waals surface area contributed by atoms with Crippen molar-refractivity contribution < 1.29 is 4.79 Å². The van der Waals surface area contributed by atoms with Gasteiger partial charge < -0.3 is 5.32 Å². The minimum Gasteiger partial charge on any atom is -0.324 e. The molecule has 1 aliphatic heterocycles. The first-order valence-corrected chi connectivity index (χ1v) is 5.18. The third-order valence-electron chi connectivity index (χ3n) is 2.68. The van der Waals surface area contributed by atoms with Crippen LogP contribution < -0.4 is 5.32 Å². The van der Waals surface area contributed by atoms with Crippen LogP contribution in [0.5, 0.6) is 0 Å². The van der Waals surface area contributed by atoms with Gasteiger partial charge in [-0.25, -0.2) is 0 Å². The summed E-state index contributed by atoms with van der Waals surface area (Å²) in [5.74, 6) is 0.189. The van der Waals surface area contributed by atoms with E-state index in [1.165, 1.54) is 0 Å². The number of hydrogen-bond donors (Lipinski definition) is 1. The predicted octanol–water partition coefficient (Wildman–Crippen LogP) is 2.86. The molecule has 1 atom stereocenters. The second kappa shape index (κ2) is 3.62. The Morgan fingerprint density at radius 1 is 1.57 bits per heavy atom. The highest BCUT2D eigenvalue weighted by Crippen LogP contribution is 2.32. The van der Waals surface area contributed by atoms with Crippen LogP contribution in [-0.4, -0.2) is 5.91 Å². The molecule has 0 spiro atoms. The largest absolute Gasteiger partial charge is 0.324 e. The van der Waals surface area contributed by atoms with E-state index in [1.54, 1.807) is 6.07 Å². The molecule has 14 heavy (non-hydrogen) atoms. The van der Waals surface area contributed by atoms with Crippen LogP contribution in [-0.2, 0) is 11.2 Å². The van der Waals surface area contributed by atoms with Crippen LogP contribution >= 0.6 is 11.6 Å². The number of amides is 1. The smallest absolute Gasteiger partial charge is 0.227 e. The molecule has 1 unspecified atom stereocenters. The first-order valence-electron chi connectivity index (χ1n) is 4.80. The van der Waals surface area contributed by atoms with Gasteiger partial charge in [0.25, 0.3) is 0 Å². The van der Waals surface area contributed by atoms with E-state index in [0.717, 1.165) is 24.1 Å². The average molecular weight is 210 g/mol. The Kier molecular flexibility index (Phi) is 2.46. The van der Waals surface area contributed by atoms with Crippen LogP contribution in [0.2, 0.25) is 5.02 Å². The van der Waals surface area contributed by atoms with Gasteiger partial charge in [-0.05, 0) is 24.5 Å². The topological polar surface area (TPSA) is 29.1 Å². The molecular formula is C11H12ClNO. The fourth-order valence-electron chi connectivity index (χ4n) is 1.79. The summed E-state index contributed by atoms with van der Waals surface area (Å²) in [6, 6.07) is 5.74. The minimum atomic E-state index is 0.0908. The summed E-state index contributed by atoms with van der Waals surface area (Å²) < 4.78 is 0. The maximum Gasteiger partial charge on any atom is 0.227 e. The van der Waals surface area contributed by atoms with E-state index in [-0.39, 0.29) is 11.8 Å². The van der Waals surface area contributed by atoms with E-state index in [1.807, 2.05) is 19.1 Å². The van der Waals surface area contributed by atoms with Gasteiger partial charge in [-0.3, -0.25) is 4.79 Å². The third kappa shape index (κ3) is 1.50. The zero-order valence-electron chi connectivity index (χ0n) is 8.01. The molecule has 0 saturated carbocycles. The lowest BCUT2D eigenvalue weighted by molar-refractivity contribution is -0.120. The Labute approximate surface area is 88.3 Å². The van der Waals surface area contributed by atoms with Gasteiger partial charge in [-0.15, -0.1) is 0 Å². The Morgan fingerprint density at radius 2 is 2.36 bits per heavy atom. The fourth-order valence-corrected chi connectivity index (χ4v) is 2.03. The summed E-state index contributed by atoms with van der Waals surface area (Å²) in [5, 5.41) is 3.49. The fraction of sp³-hybridized carbons (Fsp3) is 0.364. The van der Waals surface area contributed by atoms with Crippen molar-refractivity contribution in [3.63, 3.8) is 0 Å². The van der Waals surface area contributed by atoms with E-state index >= 15 is 0 Å². The van der Waals surface area contributed by atoms with Crippen LogP contribution in [0.25, 0.3) is 0 Å². The Hall–Kier alpha value is -1.02. The van der Waals surface area contributed by atoms with Crippen LogP contribution in [0.15, 0.2) is 18.2 Å². The standard InChI is InChI=1S/C11H12ClNO/c1-2-7-6-8-4-3-5-9(12)10(8)13-11(7)14/h3-5,7H,2,6H2,1H3,(H,13,14). The van der Waals surface area contributed by atoms with Crippen LogP contribution in [0.4, 0.5) is 5.69 Å². The van der Waals surface area contributed by atoms with E-state index in [0.29, 0.717) is 5.02 Å². The van der Waals surface area contributed by atoms with E-state index < -0.39 is 0 Å². The molecule has 1 heterocycles. The molecule has 0 aliphatic carbocycles. The number of rotatable bonds is 1. The molecule has 1 amide bonds. The van der Waals surface area contributed by atoms with Crippen molar-refractivity contribution in [3.05, 3.63) is 28.8 Å². The first kappa shape index (κ1) is 9.53. The van der Waals surface area contributed by atoms with Crippen molar-refractivity contribution in [1.29, 1.82) is 0 Å². The Morgan fingerprint density at radius 3 is 3.07 bits per heavy atom. The first-order chi connectivity index (χ1) is 6.72. The van der Waals surface area contributed by atoms with Crippen molar-refractivity contribution in [2.24, 2.45) is 5.92 Å². The van der Waals surface area contributed by atoms with Crippen molar-refractivity contribution in [3.8, 4) is 0 Å². The summed E-state index contributed by atoms with van der Waals surface area (Å²) in [6.07, 6.45) is 1.68. The third-order valence-corrected chi connectivity index (χ3v) is 2.99. The van der Waals surface area contributed by atoms with Gasteiger partial charge in [0.15, 0.2) is 0 Å². The maximum absolute atomic E-state index is 11.6. The van der Waals surface area contributed by atoms with Crippen LogP contribution in [0.3, 0.4) is 0 Å². The number of fused-ring (bicyclic) bond motifs is 1. The predicted molar refractivity (Wildman–Crippen MR) is 57.6 cm³/mol. The molecule has 0 bridgehead atoms. The van der Waals surface area contributed by atoms with E-state index in [9.17, 15) is 4.79 Å². The molecule has 1 N–H and O–H groups in total. The second-order valence-corrected chi connectivity index (χ2v) is 3.98.